The Labute approximate surface area is 54.6 Å². The molecule has 0 aromatic rings. The third-order valence-electron chi connectivity index (χ3n) is 0.709. The van der Waals surface area contributed by atoms with Crippen molar-refractivity contribution in [2.45, 2.75) is 18.7 Å². The molecule has 4 heteroatoms. The number of hydrogen-bond acceptors (Lipinski definition) is 2. The summed E-state index contributed by atoms with van der Waals surface area (Å²) < 4.78 is 0. The summed E-state index contributed by atoms with van der Waals surface area (Å²) in [6, 6.07) is 0. The van der Waals surface area contributed by atoms with Crippen LogP contribution in [0.15, 0.2) is 0 Å². The monoisotopic (exact) mass is 133 g/mol. The van der Waals surface area contributed by atoms with Crippen molar-refractivity contribution in [1.29, 1.82) is 5.41 Å². The fourth-order valence-corrected chi connectivity index (χ4v) is 0.421. The Morgan fingerprint density at radius 1 is 2.00 bits per heavy atom. The van der Waals surface area contributed by atoms with E-state index in [1.54, 1.807) is 0 Å². The van der Waals surface area contributed by atoms with E-state index in [1.807, 2.05) is 6.92 Å². The molecular weight excluding hydrogens is 122 g/mol. The van der Waals surface area contributed by atoms with Gasteiger partial charge in [-0.3, -0.25) is 5.41 Å². The molecule has 1 atom stereocenters. The van der Waals surface area contributed by atoms with E-state index >= 15 is 0 Å². The molecule has 1 unspecified atom stereocenters. The van der Waals surface area contributed by atoms with Crippen molar-refractivity contribution >= 4 is 18.6 Å². The van der Waals surface area contributed by atoms with Crippen LogP contribution in [0, 0.1) is 5.41 Å². The smallest absolute Gasteiger partial charge is 0.186 e. The molecule has 8 heavy (non-hydrogen) atoms. The number of thiol groups is 1. The van der Waals surface area contributed by atoms with E-state index in [0.29, 0.717) is 0 Å². The SMILES string of the molecule is CCC(S)NC(=N)N. The lowest BCUT2D eigenvalue weighted by atomic mass is 10.5. The van der Waals surface area contributed by atoms with Gasteiger partial charge in [0.25, 0.3) is 0 Å². The van der Waals surface area contributed by atoms with Crippen molar-refractivity contribution in [3.8, 4) is 0 Å². The fraction of sp³-hybridized carbons (Fsp3) is 0.750. The maximum absolute atomic E-state index is 6.75. The zero-order valence-electron chi connectivity index (χ0n) is 4.81. The highest BCUT2D eigenvalue weighted by atomic mass is 32.1. The zero-order valence-corrected chi connectivity index (χ0v) is 5.70. The maximum atomic E-state index is 6.75. The molecule has 0 radical (unpaired) electrons. The predicted molar refractivity (Wildman–Crippen MR) is 38.1 cm³/mol. The second-order valence-corrected chi connectivity index (χ2v) is 2.11. The molecule has 0 aliphatic heterocycles. The Morgan fingerprint density at radius 3 is 2.62 bits per heavy atom. The molecule has 0 saturated carbocycles. The second-order valence-electron chi connectivity index (χ2n) is 1.48. The van der Waals surface area contributed by atoms with Crippen LogP contribution in [0.4, 0.5) is 0 Å². The van der Waals surface area contributed by atoms with Crippen molar-refractivity contribution in [3.63, 3.8) is 0 Å². The highest BCUT2D eigenvalue weighted by molar-refractivity contribution is 7.80. The van der Waals surface area contributed by atoms with Crippen LogP contribution in [0.2, 0.25) is 0 Å². The van der Waals surface area contributed by atoms with Crippen LogP contribution in [0.3, 0.4) is 0 Å². The van der Waals surface area contributed by atoms with Crippen LogP contribution in [0.25, 0.3) is 0 Å². The van der Waals surface area contributed by atoms with Crippen molar-refractivity contribution < 1.29 is 0 Å². The van der Waals surface area contributed by atoms with Crippen LogP contribution < -0.4 is 11.1 Å². The Balaban J connectivity index is 3.24. The van der Waals surface area contributed by atoms with Gasteiger partial charge in [-0.15, -0.1) is 0 Å². The van der Waals surface area contributed by atoms with E-state index in [1.165, 1.54) is 0 Å². The minimum atomic E-state index is -0.0214. The molecule has 0 amide bonds. The van der Waals surface area contributed by atoms with Gasteiger partial charge in [-0.2, -0.15) is 12.6 Å². The van der Waals surface area contributed by atoms with Crippen LogP contribution in [-0.4, -0.2) is 11.3 Å². The maximum Gasteiger partial charge on any atom is 0.186 e. The quantitative estimate of drug-likeness (QED) is 0.187. The first-order valence-corrected chi connectivity index (χ1v) is 2.97. The van der Waals surface area contributed by atoms with E-state index in [4.69, 9.17) is 11.1 Å². The summed E-state index contributed by atoms with van der Waals surface area (Å²) in [7, 11) is 0. The first-order valence-electron chi connectivity index (χ1n) is 2.45. The van der Waals surface area contributed by atoms with Gasteiger partial charge in [0, 0.05) is 0 Å². The van der Waals surface area contributed by atoms with E-state index < -0.39 is 0 Å². The highest BCUT2D eigenvalue weighted by Crippen LogP contribution is 1.92. The Bertz CT molecular complexity index is 83.4. The number of rotatable bonds is 2. The Morgan fingerprint density at radius 2 is 2.50 bits per heavy atom. The lowest BCUT2D eigenvalue weighted by molar-refractivity contribution is 0.777. The molecule has 0 aromatic heterocycles. The molecule has 48 valence electrons. The van der Waals surface area contributed by atoms with E-state index in [-0.39, 0.29) is 11.3 Å². The first kappa shape index (κ1) is 7.62. The van der Waals surface area contributed by atoms with Gasteiger partial charge in [0.2, 0.25) is 0 Å². The van der Waals surface area contributed by atoms with Gasteiger partial charge in [-0.1, -0.05) is 6.92 Å². The van der Waals surface area contributed by atoms with Crippen LogP contribution in [0.5, 0.6) is 0 Å². The largest absolute Gasteiger partial charge is 0.370 e. The number of nitrogens with two attached hydrogens (primary N) is 1. The van der Waals surface area contributed by atoms with Gasteiger partial charge in [-0.05, 0) is 6.42 Å². The average molecular weight is 133 g/mol. The van der Waals surface area contributed by atoms with Crippen molar-refractivity contribution in [2.24, 2.45) is 5.73 Å². The van der Waals surface area contributed by atoms with Gasteiger partial charge in [-0.25, -0.2) is 0 Å². The molecule has 0 bridgehead atoms. The highest BCUT2D eigenvalue weighted by Gasteiger charge is 1.95. The lowest BCUT2D eigenvalue weighted by Gasteiger charge is -2.08. The third kappa shape index (κ3) is 3.80. The topological polar surface area (TPSA) is 61.9 Å². The number of hydrogen-bond donors (Lipinski definition) is 4. The molecule has 3 nitrogen and oxygen atoms in total. The van der Waals surface area contributed by atoms with Crippen molar-refractivity contribution in [1.82, 2.24) is 5.32 Å². The van der Waals surface area contributed by atoms with Gasteiger partial charge >= 0.3 is 0 Å². The van der Waals surface area contributed by atoms with E-state index in [9.17, 15) is 0 Å². The molecule has 0 fully saturated rings. The molecule has 0 saturated heterocycles. The van der Waals surface area contributed by atoms with Gasteiger partial charge in [0.05, 0.1) is 5.37 Å². The molecule has 0 spiro atoms. The number of nitrogens with one attached hydrogen (secondary N) is 2. The van der Waals surface area contributed by atoms with Gasteiger partial charge < -0.3 is 11.1 Å². The number of guanidine groups is 1. The summed E-state index contributed by atoms with van der Waals surface area (Å²) in [5, 5.41) is 9.38. The molecule has 4 N–H and O–H groups in total. The summed E-state index contributed by atoms with van der Waals surface area (Å²) in [5.41, 5.74) is 4.99. The molecule has 0 heterocycles. The molecule has 0 aliphatic carbocycles. The zero-order chi connectivity index (χ0) is 6.57. The second kappa shape index (κ2) is 3.60. The van der Waals surface area contributed by atoms with E-state index in [0.717, 1.165) is 6.42 Å². The molecule has 0 rings (SSSR count). The fourth-order valence-electron chi connectivity index (χ4n) is 0.282. The first-order chi connectivity index (χ1) is 3.66. The van der Waals surface area contributed by atoms with Gasteiger partial charge in [0.1, 0.15) is 0 Å². The summed E-state index contributed by atoms with van der Waals surface area (Å²) in [6.07, 6.45) is 0.864. The molecular formula is C4H11N3S. The summed E-state index contributed by atoms with van der Waals surface area (Å²) in [5.74, 6) is -0.0214. The standard InChI is InChI=1S/C4H11N3S/c1-2-3(8)7-4(5)6/h3,8H,2H2,1H3,(H4,5,6,7). The van der Waals surface area contributed by atoms with Crippen molar-refractivity contribution in [2.75, 3.05) is 0 Å². The minimum absolute atomic E-state index is 0.0208. The minimum Gasteiger partial charge on any atom is -0.370 e. The Kier molecular flexibility index (Phi) is 3.43. The van der Waals surface area contributed by atoms with E-state index in [2.05, 4.69) is 17.9 Å². The van der Waals surface area contributed by atoms with Crippen LogP contribution in [-0.2, 0) is 0 Å². The third-order valence-corrected chi connectivity index (χ3v) is 1.20. The lowest BCUT2D eigenvalue weighted by Crippen LogP contribution is -2.35. The average Bonchev–Trinajstić information content (AvgIpc) is 1.65. The van der Waals surface area contributed by atoms with Gasteiger partial charge in [0.15, 0.2) is 5.96 Å². The van der Waals surface area contributed by atoms with Crippen LogP contribution in [0.1, 0.15) is 13.3 Å². The molecule has 0 aliphatic rings. The summed E-state index contributed by atoms with van der Waals surface area (Å²) >= 11 is 4.04. The van der Waals surface area contributed by atoms with Crippen molar-refractivity contribution in [3.05, 3.63) is 0 Å². The molecule has 0 aromatic carbocycles. The normalized spacial score (nSPS) is 12.8. The predicted octanol–water partition coefficient (Wildman–Crippen LogP) is 0.135. The van der Waals surface area contributed by atoms with Crippen LogP contribution >= 0.6 is 12.6 Å². The summed E-state index contributed by atoms with van der Waals surface area (Å²) in [6.45, 7) is 1.97. The Hall–Kier alpha value is -0.380. The summed E-state index contributed by atoms with van der Waals surface area (Å²) in [4.78, 5) is 0.